The normalized spacial score (nSPS) is 11.7. The van der Waals surface area contributed by atoms with Crippen LogP contribution in [0.25, 0.3) is 0 Å². The zero-order chi connectivity index (χ0) is 17.0. The van der Waals surface area contributed by atoms with Gasteiger partial charge in [-0.1, -0.05) is 12.1 Å². The van der Waals surface area contributed by atoms with Gasteiger partial charge in [-0.2, -0.15) is 0 Å². The number of phenols is 2. The van der Waals surface area contributed by atoms with Gasteiger partial charge in [0.15, 0.2) is 11.5 Å². The van der Waals surface area contributed by atoms with E-state index in [9.17, 15) is 20.1 Å². The van der Waals surface area contributed by atoms with Crippen LogP contribution >= 0.6 is 0 Å². The highest BCUT2D eigenvalue weighted by molar-refractivity contribution is 5.77. The minimum absolute atomic E-state index is 0.00890. The number of hydrogen-bond acceptors (Lipinski definition) is 5. The second-order valence-corrected chi connectivity index (χ2v) is 5.04. The van der Waals surface area contributed by atoms with Gasteiger partial charge in [-0.25, -0.2) is 0 Å². The molecule has 0 aliphatic carbocycles. The largest absolute Gasteiger partial charge is 0.508 e. The molecular formula is C17H18O6. The van der Waals surface area contributed by atoms with Gasteiger partial charge in [0.1, 0.15) is 5.75 Å². The molecule has 0 radical (unpaired) electrons. The monoisotopic (exact) mass is 318 g/mol. The van der Waals surface area contributed by atoms with E-state index in [-0.39, 0.29) is 29.4 Å². The van der Waals surface area contributed by atoms with Gasteiger partial charge >= 0.3 is 5.97 Å². The number of benzene rings is 2. The molecular weight excluding hydrogens is 300 g/mol. The van der Waals surface area contributed by atoms with Gasteiger partial charge in [0.2, 0.25) is 5.75 Å². The van der Waals surface area contributed by atoms with E-state index in [2.05, 4.69) is 0 Å². The standard InChI is InChI=1S/C17H18O6/c1-22-14-7-10(8-15(23-2)16(14)19)6-13(17(20)21)11-4-3-5-12(18)9-11/h3-5,7-9,13,18-19H,6H2,1-2H3,(H,20,21). The average molecular weight is 318 g/mol. The molecule has 6 heteroatoms. The van der Waals surface area contributed by atoms with E-state index in [1.54, 1.807) is 24.3 Å². The van der Waals surface area contributed by atoms with Crippen LogP contribution in [-0.4, -0.2) is 35.5 Å². The Labute approximate surface area is 133 Å². The topological polar surface area (TPSA) is 96.2 Å². The van der Waals surface area contributed by atoms with Gasteiger partial charge in [-0.3, -0.25) is 4.79 Å². The summed E-state index contributed by atoms with van der Waals surface area (Å²) in [5, 5.41) is 28.9. The highest BCUT2D eigenvalue weighted by Crippen LogP contribution is 2.38. The number of carboxylic acids is 1. The zero-order valence-corrected chi connectivity index (χ0v) is 12.8. The maximum absolute atomic E-state index is 11.6. The van der Waals surface area contributed by atoms with Gasteiger partial charge in [0.25, 0.3) is 0 Å². The van der Waals surface area contributed by atoms with Crippen LogP contribution in [0.4, 0.5) is 0 Å². The number of carbonyl (C=O) groups is 1. The first-order chi connectivity index (χ1) is 11.0. The van der Waals surface area contributed by atoms with Gasteiger partial charge in [0.05, 0.1) is 20.1 Å². The molecule has 122 valence electrons. The van der Waals surface area contributed by atoms with Crippen molar-refractivity contribution in [2.75, 3.05) is 14.2 Å². The highest BCUT2D eigenvalue weighted by atomic mass is 16.5. The van der Waals surface area contributed by atoms with Crippen molar-refractivity contribution in [2.24, 2.45) is 0 Å². The predicted molar refractivity (Wildman–Crippen MR) is 83.4 cm³/mol. The summed E-state index contributed by atoms with van der Waals surface area (Å²) in [6.07, 6.45) is 0.159. The van der Waals surface area contributed by atoms with Crippen molar-refractivity contribution in [1.29, 1.82) is 0 Å². The Morgan fingerprint density at radius 1 is 1.09 bits per heavy atom. The van der Waals surface area contributed by atoms with Crippen LogP contribution in [0.3, 0.4) is 0 Å². The number of aliphatic carboxylic acids is 1. The lowest BCUT2D eigenvalue weighted by Gasteiger charge is -2.16. The quantitative estimate of drug-likeness (QED) is 0.757. The Hall–Kier alpha value is -2.89. The summed E-state index contributed by atoms with van der Waals surface area (Å²) >= 11 is 0. The Morgan fingerprint density at radius 2 is 1.70 bits per heavy atom. The summed E-state index contributed by atoms with van der Waals surface area (Å²) in [5.41, 5.74) is 1.12. The maximum atomic E-state index is 11.6. The van der Waals surface area contributed by atoms with Crippen LogP contribution < -0.4 is 9.47 Å². The zero-order valence-electron chi connectivity index (χ0n) is 12.8. The molecule has 23 heavy (non-hydrogen) atoms. The van der Waals surface area contributed by atoms with Crippen molar-refractivity contribution in [3.05, 3.63) is 47.5 Å². The molecule has 0 fully saturated rings. The molecule has 2 aromatic carbocycles. The molecule has 0 aromatic heterocycles. The molecule has 0 heterocycles. The van der Waals surface area contributed by atoms with Crippen molar-refractivity contribution in [3.63, 3.8) is 0 Å². The third-order valence-corrected chi connectivity index (χ3v) is 3.55. The summed E-state index contributed by atoms with van der Waals surface area (Å²) < 4.78 is 10.2. The molecule has 6 nitrogen and oxygen atoms in total. The van der Waals surface area contributed by atoms with Crippen LogP contribution in [0.1, 0.15) is 17.0 Å². The van der Waals surface area contributed by atoms with Gasteiger partial charge in [-0.05, 0) is 41.8 Å². The predicted octanol–water partition coefficient (Wildman–Crippen LogP) is 2.53. The molecule has 0 amide bonds. The smallest absolute Gasteiger partial charge is 0.311 e. The fourth-order valence-corrected chi connectivity index (χ4v) is 2.39. The van der Waals surface area contributed by atoms with Crippen molar-refractivity contribution >= 4 is 5.97 Å². The van der Waals surface area contributed by atoms with Gasteiger partial charge in [-0.15, -0.1) is 0 Å². The molecule has 2 rings (SSSR count). The first kappa shape index (κ1) is 16.5. The van der Waals surface area contributed by atoms with E-state index in [4.69, 9.17) is 9.47 Å². The molecule has 3 N–H and O–H groups in total. The van der Waals surface area contributed by atoms with Crippen LogP contribution in [-0.2, 0) is 11.2 Å². The number of ether oxygens (including phenoxy) is 2. The van der Waals surface area contributed by atoms with Crippen molar-refractivity contribution in [1.82, 2.24) is 0 Å². The Kier molecular flexibility index (Phi) is 4.95. The number of aromatic hydroxyl groups is 2. The second-order valence-electron chi connectivity index (χ2n) is 5.04. The SMILES string of the molecule is COc1cc(CC(C(=O)O)c2cccc(O)c2)cc(OC)c1O. The molecule has 2 aromatic rings. The van der Waals surface area contributed by atoms with Crippen molar-refractivity contribution in [3.8, 4) is 23.0 Å². The van der Waals surface area contributed by atoms with E-state index >= 15 is 0 Å². The summed E-state index contributed by atoms with van der Waals surface area (Å²) in [6, 6.07) is 9.28. The van der Waals surface area contributed by atoms with E-state index in [0.29, 0.717) is 11.1 Å². The van der Waals surface area contributed by atoms with E-state index < -0.39 is 11.9 Å². The second kappa shape index (κ2) is 6.91. The first-order valence-corrected chi connectivity index (χ1v) is 6.91. The van der Waals surface area contributed by atoms with E-state index in [1.165, 1.54) is 26.4 Å². The summed E-state index contributed by atoms with van der Waals surface area (Å²) in [6.45, 7) is 0. The third kappa shape index (κ3) is 3.66. The molecule has 0 aliphatic heterocycles. The fourth-order valence-electron chi connectivity index (χ4n) is 2.39. The number of phenolic OH excluding ortho intramolecular Hbond substituents is 2. The summed E-state index contributed by atoms with van der Waals surface area (Å²) in [5.74, 6) is -1.57. The fraction of sp³-hybridized carbons (Fsp3) is 0.235. The van der Waals surface area contributed by atoms with Crippen LogP contribution in [0.2, 0.25) is 0 Å². The first-order valence-electron chi connectivity index (χ1n) is 6.91. The van der Waals surface area contributed by atoms with Crippen molar-refractivity contribution in [2.45, 2.75) is 12.3 Å². The lowest BCUT2D eigenvalue weighted by molar-refractivity contribution is -0.138. The summed E-state index contributed by atoms with van der Waals surface area (Å²) in [7, 11) is 2.81. The lowest BCUT2D eigenvalue weighted by Crippen LogP contribution is -2.14. The number of carboxylic acid groups (broad SMARTS) is 1. The Balaban J connectivity index is 2.39. The highest BCUT2D eigenvalue weighted by Gasteiger charge is 2.22. The molecule has 0 spiro atoms. The molecule has 0 saturated carbocycles. The van der Waals surface area contributed by atoms with E-state index in [1.807, 2.05) is 0 Å². The van der Waals surface area contributed by atoms with E-state index in [0.717, 1.165) is 0 Å². The maximum Gasteiger partial charge on any atom is 0.311 e. The molecule has 1 atom stereocenters. The summed E-state index contributed by atoms with van der Waals surface area (Å²) in [4.78, 5) is 11.6. The minimum atomic E-state index is -1.01. The molecule has 0 aliphatic rings. The number of rotatable bonds is 6. The number of hydrogen-bond donors (Lipinski definition) is 3. The lowest BCUT2D eigenvalue weighted by atomic mass is 9.91. The average Bonchev–Trinajstić information content (AvgIpc) is 2.53. The molecule has 1 unspecified atom stereocenters. The van der Waals surface area contributed by atoms with Gasteiger partial charge < -0.3 is 24.8 Å². The minimum Gasteiger partial charge on any atom is -0.508 e. The van der Waals surface area contributed by atoms with Crippen LogP contribution in [0, 0.1) is 0 Å². The van der Waals surface area contributed by atoms with Crippen molar-refractivity contribution < 1.29 is 29.6 Å². The molecule has 0 bridgehead atoms. The van der Waals surface area contributed by atoms with Crippen LogP contribution in [0.15, 0.2) is 36.4 Å². The van der Waals surface area contributed by atoms with Gasteiger partial charge in [0, 0.05) is 0 Å². The molecule has 0 saturated heterocycles. The Morgan fingerprint density at radius 3 is 2.17 bits per heavy atom. The number of methoxy groups -OCH3 is 2. The Bertz CT molecular complexity index is 685. The van der Waals surface area contributed by atoms with Crippen LogP contribution in [0.5, 0.6) is 23.0 Å². The third-order valence-electron chi connectivity index (χ3n) is 3.55.